The first-order valence-corrected chi connectivity index (χ1v) is 15.4. The molecule has 11 heteroatoms. The third-order valence-corrected chi connectivity index (χ3v) is 10.5. The molecule has 0 spiro atoms. The molecule has 208 valence electrons. The number of aromatic hydroxyl groups is 1. The monoisotopic (exact) mass is 573 g/mol. The van der Waals surface area contributed by atoms with Crippen LogP contribution >= 0.6 is 7.60 Å². The van der Waals surface area contributed by atoms with E-state index in [0.717, 1.165) is 9.54 Å². The Hall–Kier alpha value is -3.30. The third kappa shape index (κ3) is 5.30. The first-order valence-electron chi connectivity index (χ1n) is 12.4. The molecule has 9 nitrogen and oxygen atoms in total. The number of fused-ring (bicyclic) bond motifs is 1. The molecule has 0 aliphatic heterocycles. The van der Waals surface area contributed by atoms with Crippen LogP contribution in [0.25, 0.3) is 10.9 Å². The lowest BCUT2D eigenvalue weighted by Gasteiger charge is -2.27. The van der Waals surface area contributed by atoms with Gasteiger partial charge in [-0.2, -0.15) is 0 Å². The summed E-state index contributed by atoms with van der Waals surface area (Å²) in [5.41, 5.74) is 0.613. The Bertz CT molecular complexity index is 1620. The van der Waals surface area contributed by atoms with Crippen LogP contribution in [0, 0.1) is 6.92 Å². The molecule has 0 aliphatic carbocycles. The smallest absolute Gasteiger partial charge is 0.342 e. The van der Waals surface area contributed by atoms with Gasteiger partial charge in [-0.15, -0.1) is 0 Å². The number of nitrogens with zero attached hydrogens (tertiary/aromatic N) is 1. The number of aromatic nitrogens is 1. The Morgan fingerprint density at radius 2 is 1.49 bits per heavy atom. The number of rotatable bonds is 11. The lowest BCUT2D eigenvalue weighted by molar-refractivity contribution is 0.214. The molecule has 4 aromatic rings. The summed E-state index contributed by atoms with van der Waals surface area (Å²) >= 11 is 0. The van der Waals surface area contributed by atoms with E-state index in [1.54, 1.807) is 62.4 Å². The molecule has 0 saturated heterocycles. The Kier molecular flexibility index (Phi) is 8.42. The Balaban J connectivity index is 2.07. The number of phenolic OH excluding ortho intramolecular Hbond substituents is 1. The van der Waals surface area contributed by atoms with Crippen molar-refractivity contribution in [1.82, 2.24) is 3.97 Å². The zero-order chi connectivity index (χ0) is 28.4. The fourth-order valence-corrected chi connectivity index (χ4v) is 8.14. The van der Waals surface area contributed by atoms with Gasteiger partial charge >= 0.3 is 7.60 Å². The second kappa shape index (κ2) is 11.4. The highest BCUT2D eigenvalue weighted by atomic mass is 32.2. The van der Waals surface area contributed by atoms with E-state index >= 15 is 0 Å². The predicted octanol–water partition coefficient (Wildman–Crippen LogP) is 6.27. The predicted molar refractivity (Wildman–Crippen MR) is 150 cm³/mol. The van der Waals surface area contributed by atoms with E-state index in [1.165, 1.54) is 32.5 Å². The molecular formula is C28H32NO8PS. The van der Waals surface area contributed by atoms with Gasteiger partial charge in [0.1, 0.15) is 11.4 Å². The maximum atomic E-state index is 14.4. The number of benzene rings is 3. The summed E-state index contributed by atoms with van der Waals surface area (Å²) in [4.78, 5) is 0.101. The number of methoxy groups -OCH3 is 2. The Labute approximate surface area is 228 Å². The largest absolute Gasteiger partial charge is 0.507 e. The van der Waals surface area contributed by atoms with Gasteiger partial charge in [0.15, 0.2) is 11.5 Å². The van der Waals surface area contributed by atoms with Crippen LogP contribution < -0.4 is 9.47 Å². The minimum atomic E-state index is -4.04. The molecule has 39 heavy (non-hydrogen) atoms. The van der Waals surface area contributed by atoms with E-state index in [-0.39, 0.29) is 40.9 Å². The number of phenols is 1. The van der Waals surface area contributed by atoms with Crippen LogP contribution in [-0.2, 0) is 23.6 Å². The van der Waals surface area contributed by atoms with E-state index in [1.807, 2.05) is 6.92 Å². The van der Waals surface area contributed by atoms with Crippen molar-refractivity contribution in [3.63, 3.8) is 0 Å². The van der Waals surface area contributed by atoms with E-state index < -0.39 is 23.3 Å². The number of ether oxygens (including phenoxy) is 2. The topological polar surface area (TPSA) is 113 Å². The molecule has 0 unspecified atom stereocenters. The van der Waals surface area contributed by atoms with Crippen LogP contribution in [0.4, 0.5) is 0 Å². The highest BCUT2D eigenvalue weighted by Crippen LogP contribution is 2.66. The summed E-state index contributed by atoms with van der Waals surface area (Å²) in [6.45, 7) is 5.35. The van der Waals surface area contributed by atoms with Crippen molar-refractivity contribution >= 4 is 28.5 Å². The van der Waals surface area contributed by atoms with Crippen molar-refractivity contribution in [2.75, 3.05) is 27.4 Å². The second-order valence-corrected chi connectivity index (χ2v) is 12.7. The zero-order valence-corrected chi connectivity index (χ0v) is 24.2. The molecule has 4 rings (SSSR count). The summed E-state index contributed by atoms with van der Waals surface area (Å²) in [5.74, 6) is 0.311. The summed E-state index contributed by atoms with van der Waals surface area (Å²) in [5, 5.41) is 11.6. The summed E-state index contributed by atoms with van der Waals surface area (Å²) in [7, 11) is -5.21. The fourth-order valence-electron chi connectivity index (χ4n) is 4.57. The van der Waals surface area contributed by atoms with Gasteiger partial charge in [0.05, 0.1) is 37.8 Å². The van der Waals surface area contributed by atoms with Crippen molar-refractivity contribution in [3.8, 4) is 17.2 Å². The van der Waals surface area contributed by atoms with Crippen molar-refractivity contribution in [2.24, 2.45) is 0 Å². The number of para-hydroxylation sites is 1. The maximum Gasteiger partial charge on any atom is 0.342 e. The van der Waals surface area contributed by atoms with Crippen molar-refractivity contribution in [3.05, 3.63) is 83.6 Å². The van der Waals surface area contributed by atoms with E-state index in [2.05, 4.69) is 0 Å². The van der Waals surface area contributed by atoms with E-state index in [9.17, 15) is 18.1 Å². The lowest BCUT2D eigenvalue weighted by Crippen LogP contribution is -2.12. The minimum absolute atomic E-state index is 0.0577. The van der Waals surface area contributed by atoms with Crippen molar-refractivity contribution in [2.45, 2.75) is 31.3 Å². The minimum Gasteiger partial charge on any atom is -0.507 e. The second-order valence-electron chi connectivity index (χ2n) is 8.76. The summed E-state index contributed by atoms with van der Waals surface area (Å²) in [6, 6.07) is 16.3. The van der Waals surface area contributed by atoms with E-state index in [0.29, 0.717) is 16.5 Å². The first kappa shape index (κ1) is 28.7. The number of hydrogen-bond donors (Lipinski definition) is 1. The molecule has 1 atom stereocenters. The van der Waals surface area contributed by atoms with Crippen LogP contribution in [0.15, 0.2) is 71.8 Å². The average Bonchev–Trinajstić information content (AvgIpc) is 3.30. The van der Waals surface area contributed by atoms with Gasteiger partial charge in [-0.05, 0) is 50.6 Å². The van der Waals surface area contributed by atoms with Crippen molar-refractivity contribution in [1.29, 1.82) is 0 Å². The van der Waals surface area contributed by atoms with Gasteiger partial charge in [-0.1, -0.05) is 35.9 Å². The van der Waals surface area contributed by atoms with Gasteiger partial charge in [0.2, 0.25) is 0 Å². The van der Waals surface area contributed by atoms with Gasteiger partial charge in [-0.3, -0.25) is 4.57 Å². The molecule has 0 fully saturated rings. The summed E-state index contributed by atoms with van der Waals surface area (Å²) < 4.78 is 65.6. The molecule has 0 bridgehead atoms. The van der Waals surface area contributed by atoms with Gasteiger partial charge in [0, 0.05) is 23.2 Å². The van der Waals surface area contributed by atoms with Crippen LogP contribution in [0.5, 0.6) is 17.2 Å². The van der Waals surface area contributed by atoms with Crippen LogP contribution in [0.3, 0.4) is 0 Å². The van der Waals surface area contributed by atoms with E-state index in [4.69, 9.17) is 18.5 Å². The Morgan fingerprint density at radius 1 is 0.897 bits per heavy atom. The molecule has 0 amide bonds. The van der Waals surface area contributed by atoms with Crippen LogP contribution in [-0.4, -0.2) is 44.9 Å². The average molecular weight is 574 g/mol. The SMILES string of the molecule is CCOP(=O)(OCC)[C@@H](c1cc(OC)c(OC)cc1O)c1cn(S(=O)(=O)c2ccc(C)cc2)c2ccccc12. The van der Waals surface area contributed by atoms with Crippen LogP contribution in [0.1, 0.15) is 36.2 Å². The van der Waals surface area contributed by atoms with Gasteiger partial charge < -0.3 is 23.6 Å². The molecule has 0 radical (unpaired) electrons. The maximum absolute atomic E-state index is 14.4. The fraction of sp³-hybridized carbons (Fsp3) is 0.286. The molecule has 1 heterocycles. The highest BCUT2D eigenvalue weighted by molar-refractivity contribution is 7.90. The zero-order valence-electron chi connectivity index (χ0n) is 22.5. The number of aryl methyl sites for hydroxylation is 1. The number of hydrogen-bond acceptors (Lipinski definition) is 8. The third-order valence-electron chi connectivity index (χ3n) is 6.34. The van der Waals surface area contributed by atoms with Crippen molar-refractivity contribution < 1.29 is 36.6 Å². The molecular weight excluding hydrogens is 541 g/mol. The van der Waals surface area contributed by atoms with Crippen LogP contribution in [0.2, 0.25) is 0 Å². The standard InChI is InChI=1S/C28H32NO8PS/c1-6-36-38(31,37-7-2)28(22-16-26(34-4)27(35-5)17-25(22)30)23-18-29(24-11-9-8-10-21(23)24)39(32,33)20-14-12-19(3)13-15-20/h8-18,28,30H,6-7H2,1-5H3/t28-/m0/s1. The van der Waals surface area contributed by atoms with Gasteiger partial charge in [0.25, 0.3) is 10.0 Å². The first-order chi connectivity index (χ1) is 18.6. The summed E-state index contributed by atoms with van der Waals surface area (Å²) in [6.07, 6.45) is 1.42. The molecule has 1 aromatic heterocycles. The lowest BCUT2D eigenvalue weighted by atomic mass is 10.0. The molecule has 3 aromatic carbocycles. The quantitative estimate of drug-likeness (QED) is 0.209. The normalized spacial score (nSPS) is 12.9. The highest BCUT2D eigenvalue weighted by Gasteiger charge is 2.42. The molecule has 0 saturated carbocycles. The molecule has 0 aliphatic rings. The molecule has 1 N–H and O–H groups in total. The Morgan fingerprint density at radius 3 is 2.08 bits per heavy atom. The van der Waals surface area contributed by atoms with Gasteiger partial charge in [-0.25, -0.2) is 12.4 Å².